The summed E-state index contributed by atoms with van der Waals surface area (Å²) in [5.74, 6) is -1.46. The fourth-order valence-corrected chi connectivity index (χ4v) is 1.96. The Kier molecular flexibility index (Phi) is 5.32. The van der Waals surface area contributed by atoms with Crippen LogP contribution in [0.4, 0.5) is 17.6 Å². The van der Waals surface area contributed by atoms with Crippen molar-refractivity contribution in [2.75, 3.05) is 7.11 Å². The van der Waals surface area contributed by atoms with Gasteiger partial charge in [-0.3, -0.25) is 4.79 Å². The van der Waals surface area contributed by atoms with E-state index in [1.165, 1.54) is 0 Å². The van der Waals surface area contributed by atoms with Crippen molar-refractivity contribution in [3.05, 3.63) is 21.0 Å². The second-order valence-electron chi connectivity index (χ2n) is 3.30. The second-order valence-corrected chi connectivity index (χ2v) is 4.33. The van der Waals surface area contributed by atoms with Gasteiger partial charge in [-0.25, -0.2) is 9.37 Å². The van der Waals surface area contributed by atoms with Crippen LogP contribution in [0.3, 0.4) is 0 Å². The first-order valence-electron chi connectivity index (χ1n) is 4.83. The van der Waals surface area contributed by atoms with Gasteiger partial charge in [0.25, 0.3) is 0 Å². The number of halogens is 5. The number of rotatable bonds is 4. The number of ether oxygens (including phenoxy) is 2. The average Bonchev–Trinajstić information content (AvgIpc) is 2.31. The third kappa shape index (κ3) is 4.48. The van der Waals surface area contributed by atoms with Crippen LogP contribution in [-0.4, -0.2) is 24.4 Å². The Hall–Kier alpha value is -1.13. The van der Waals surface area contributed by atoms with Crippen molar-refractivity contribution in [2.45, 2.75) is 19.5 Å². The summed E-state index contributed by atoms with van der Waals surface area (Å²) in [6.45, 7) is -1.21. The van der Waals surface area contributed by atoms with Crippen LogP contribution >= 0.6 is 22.6 Å². The molecule has 19 heavy (non-hydrogen) atoms. The van der Waals surface area contributed by atoms with Crippen molar-refractivity contribution >= 4 is 28.6 Å². The van der Waals surface area contributed by atoms with E-state index in [0.29, 0.717) is 0 Å². The normalized spacial score (nSPS) is 11.3. The molecule has 9 heteroatoms. The van der Waals surface area contributed by atoms with E-state index in [4.69, 9.17) is 0 Å². The Bertz CT molecular complexity index is 479. The lowest BCUT2D eigenvalue weighted by Gasteiger charge is -2.15. The largest absolute Gasteiger partial charge is 0.573 e. The van der Waals surface area contributed by atoms with E-state index in [-0.39, 0.29) is 21.2 Å². The van der Waals surface area contributed by atoms with Crippen LogP contribution in [0.25, 0.3) is 0 Å². The summed E-state index contributed by atoms with van der Waals surface area (Å²) in [6.07, 6.45) is -4.57. The molecule has 0 aliphatic heterocycles. The third-order valence-corrected chi connectivity index (χ3v) is 3.04. The summed E-state index contributed by atoms with van der Waals surface area (Å²) < 4.78 is 57.7. The zero-order valence-electron chi connectivity index (χ0n) is 9.55. The molecule has 4 nitrogen and oxygen atoms in total. The van der Waals surface area contributed by atoms with Gasteiger partial charge in [-0.1, -0.05) is 0 Å². The lowest BCUT2D eigenvalue weighted by Crippen LogP contribution is -2.19. The molecule has 0 spiro atoms. The van der Waals surface area contributed by atoms with E-state index < -0.39 is 24.8 Å². The van der Waals surface area contributed by atoms with E-state index in [1.54, 1.807) is 22.6 Å². The molecule has 1 aromatic rings. The molecular weight excluding hydrogens is 385 g/mol. The summed E-state index contributed by atoms with van der Waals surface area (Å²) in [7, 11) is 1.12. The SMILES string of the molecule is COC(=O)Cc1c(I)ncc(OC(F)(F)F)c1CF. The van der Waals surface area contributed by atoms with Gasteiger partial charge in [0, 0.05) is 11.1 Å². The standard InChI is InChI=1S/C10H8F4INO3/c1-18-8(17)2-5-6(3-11)7(4-16-9(5)15)19-10(12,13)14/h4H,2-3H2,1H3. The van der Waals surface area contributed by atoms with E-state index in [0.717, 1.165) is 13.3 Å². The molecule has 0 unspecified atom stereocenters. The lowest BCUT2D eigenvalue weighted by atomic mass is 10.1. The lowest BCUT2D eigenvalue weighted by molar-refractivity contribution is -0.275. The van der Waals surface area contributed by atoms with Crippen LogP contribution in [0, 0.1) is 3.70 Å². The van der Waals surface area contributed by atoms with Crippen LogP contribution in [0.1, 0.15) is 11.1 Å². The first kappa shape index (κ1) is 15.9. The number of alkyl halides is 4. The zero-order valence-corrected chi connectivity index (χ0v) is 11.7. The number of hydrogen-bond acceptors (Lipinski definition) is 4. The maximum absolute atomic E-state index is 12.9. The predicted molar refractivity (Wildman–Crippen MR) is 64.2 cm³/mol. The highest BCUT2D eigenvalue weighted by Crippen LogP contribution is 2.31. The molecule has 106 valence electrons. The van der Waals surface area contributed by atoms with Crippen molar-refractivity contribution in [1.29, 1.82) is 0 Å². The number of esters is 1. The average molecular weight is 393 g/mol. The third-order valence-electron chi connectivity index (χ3n) is 2.11. The zero-order chi connectivity index (χ0) is 14.6. The summed E-state index contributed by atoms with van der Waals surface area (Å²) in [5.41, 5.74) is -0.334. The summed E-state index contributed by atoms with van der Waals surface area (Å²) in [4.78, 5) is 14.8. The summed E-state index contributed by atoms with van der Waals surface area (Å²) >= 11 is 1.69. The topological polar surface area (TPSA) is 48.4 Å². The van der Waals surface area contributed by atoms with Gasteiger partial charge in [0.1, 0.15) is 10.4 Å². The van der Waals surface area contributed by atoms with E-state index in [1.807, 2.05) is 0 Å². The Morgan fingerprint density at radius 1 is 1.42 bits per heavy atom. The maximum atomic E-state index is 12.9. The minimum Gasteiger partial charge on any atom is -0.469 e. The Morgan fingerprint density at radius 2 is 2.05 bits per heavy atom. The van der Waals surface area contributed by atoms with Gasteiger partial charge in [-0.05, 0) is 22.6 Å². The molecule has 0 fully saturated rings. The number of pyridine rings is 1. The number of aromatic nitrogens is 1. The first-order chi connectivity index (χ1) is 8.78. The molecule has 0 aromatic carbocycles. The minimum atomic E-state index is -4.96. The second kappa shape index (κ2) is 6.35. The van der Waals surface area contributed by atoms with E-state index in [2.05, 4.69) is 14.5 Å². The van der Waals surface area contributed by atoms with Crippen molar-refractivity contribution in [1.82, 2.24) is 4.98 Å². The first-order valence-corrected chi connectivity index (χ1v) is 5.91. The van der Waals surface area contributed by atoms with Gasteiger partial charge in [0.2, 0.25) is 0 Å². The van der Waals surface area contributed by atoms with Crippen LogP contribution in [0.2, 0.25) is 0 Å². The molecule has 1 rings (SSSR count). The molecule has 0 amide bonds. The molecule has 0 aliphatic rings. The molecule has 0 aliphatic carbocycles. The number of hydrogen-bond donors (Lipinski definition) is 0. The molecule has 1 heterocycles. The molecule has 0 saturated heterocycles. The maximum Gasteiger partial charge on any atom is 0.573 e. The Labute approximate surface area is 119 Å². The number of methoxy groups -OCH3 is 1. The number of carbonyl (C=O) groups is 1. The summed E-state index contributed by atoms with van der Waals surface area (Å²) in [5, 5.41) is 0. The quantitative estimate of drug-likeness (QED) is 0.342. The monoisotopic (exact) mass is 393 g/mol. The molecule has 0 bridgehead atoms. The van der Waals surface area contributed by atoms with Crippen LogP contribution in [0.5, 0.6) is 5.75 Å². The van der Waals surface area contributed by atoms with Crippen molar-refractivity contribution < 1.29 is 31.8 Å². The number of nitrogens with zero attached hydrogens (tertiary/aromatic N) is 1. The predicted octanol–water partition coefficient (Wildman–Crippen LogP) is 2.77. The van der Waals surface area contributed by atoms with Gasteiger partial charge >= 0.3 is 12.3 Å². The van der Waals surface area contributed by atoms with Crippen LogP contribution in [-0.2, 0) is 22.6 Å². The molecule has 1 aromatic heterocycles. The van der Waals surface area contributed by atoms with Gasteiger partial charge < -0.3 is 9.47 Å². The van der Waals surface area contributed by atoms with Crippen LogP contribution in [0.15, 0.2) is 6.20 Å². The highest BCUT2D eigenvalue weighted by Gasteiger charge is 2.33. The Morgan fingerprint density at radius 3 is 2.53 bits per heavy atom. The fourth-order valence-electron chi connectivity index (χ4n) is 1.30. The van der Waals surface area contributed by atoms with Gasteiger partial charge in [0.15, 0.2) is 5.75 Å². The van der Waals surface area contributed by atoms with Crippen molar-refractivity contribution in [3.8, 4) is 5.75 Å². The van der Waals surface area contributed by atoms with Gasteiger partial charge in [-0.15, -0.1) is 13.2 Å². The summed E-state index contributed by atoms with van der Waals surface area (Å²) in [6, 6.07) is 0. The molecule has 0 N–H and O–H groups in total. The molecule has 0 radical (unpaired) electrons. The highest BCUT2D eigenvalue weighted by molar-refractivity contribution is 14.1. The molecular formula is C10H8F4INO3. The van der Waals surface area contributed by atoms with Crippen LogP contribution < -0.4 is 4.74 Å². The van der Waals surface area contributed by atoms with Gasteiger partial charge in [0.05, 0.1) is 19.7 Å². The minimum absolute atomic E-state index is 0.0247. The highest BCUT2D eigenvalue weighted by atomic mass is 127. The Balaban J connectivity index is 3.21. The van der Waals surface area contributed by atoms with E-state index in [9.17, 15) is 22.4 Å². The number of carbonyl (C=O) groups excluding carboxylic acids is 1. The van der Waals surface area contributed by atoms with Crippen molar-refractivity contribution in [2.24, 2.45) is 0 Å². The molecule has 0 atom stereocenters. The van der Waals surface area contributed by atoms with Crippen molar-refractivity contribution in [3.63, 3.8) is 0 Å². The smallest absolute Gasteiger partial charge is 0.469 e. The molecule has 0 saturated carbocycles. The fraction of sp³-hybridized carbons (Fsp3) is 0.400. The van der Waals surface area contributed by atoms with Gasteiger partial charge in [-0.2, -0.15) is 0 Å². The van der Waals surface area contributed by atoms with E-state index >= 15 is 0 Å².